The van der Waals surface area contributed by atoms with Crippen molar-refractivity contribution in [3.63, 3.8) is 0 Å². The Hall–Kier alpha value is -0.550. The lowest BCUT2D eigenvalue weighted by Crippen LogP contribution is -2.33. The minimum Gasteiger partial charge on any atom is -0.327 e. The molecule has 2 N–H and O–H groups in total. The molecule has 2 atom stereocenters. The lowest BCUT2D eigenvalue weighted by atomic mass is 9.97. The first-order valence-electron chi connectivity index (χ1n) is 5.51. The number of aromatic nitrogens is 3. The fraction of sp³-hybridized carbons (Fsp3) is 0.800. The van der Waals surface area contributed by atoms with Crippen molar-refractivity contribution in [2.75, 3.05) is 11.5 Å². The van der Waals surface area contributed by atoms with Crippen LogP contribution in [0.25, 0.3) is 0 Å². The zero-order chi connectivity index (χ0) is 10.7. The van der Waals surface area contributed by atoms with Crippen molar-refractivity contribution in [3.8, 4) is 0 Å². The molecule has 15 heavy (non-hydrogen) atoms. The average Bonchev–Trinajstić information content (AvgIpc) is 2.87. The van der Waals surface area contributed by atoms with Gasteiger partial charge in [-0.15, -0.1) is 0 Å². The highest BCUT2D eigenvalue weighted by Gasteiger charge is 2.23. The van der Waals surface area contributed by atoms with Crippen molar-refractivity contribution in [2.24, 2.45) is 11.7 Å². The fourth-order valence-corrected chi connectivity index (χ4v) is 3.33. The van der Waals surface area contributed by atoms with E-state index in [0.29, 0.717) is 5.92 Å². The Bertz CT molecular complexity index is 306. The summed E-state index contributed by atoms with van der Waals surface area (Å²) in [5.74, 6) is 4.17. The average molecular weight is 226 g/mol. The minimum atomic E-state index is 0.245. The molecule has 1 aliphatic heterocycles. The van der Waals surface area contributed by atoms with Gasteiger partial charge in [-0.1, -0.05) is 0 Å². The van der Waals surface area contributed by atoms with E-state index in [1.54, 1.807) is 6.33 Å². The molecule has 1 aliphatic rings. The zero-order valence-electron chi connectivity index (χ0n) is 9.09. The van der Waals surface area contributed by atoms with Gasteiger partial charge in [-0.3, -0.25) is 4.68 Å². The summed E-state index contributed by atoms with van der Waals surface area (Å²) >= 11 is 2.01. The summed E-state index contributed by atoms with van der Waals surface area (Å²) < 4.78 is 1.93. The van der Waals surface area contributed by atoms with E-state index >= 15 is 0 Å². The smallest absolute Gasteiger partial charge is 0.138 e. The maximum Gasteiger partial charge on any atom is 0.138 e. The van der Waals surface area contributed by atoms with Crippen LogP contribution < -0.4 is 5.73 Å². The van der Waals surface area contributed by atoms with Crippen molar-refractivity contribution in [3.05, 3.63) is 12.2 Å². The van der Waals surface area contributed by atoms with E-state index in [9.17, 15) is 0 Å². The molecule has 4 nitrogen and oxygen atoms in total. The van der Waals surface area contributed by atoms with Crippen LogP contribution in [-0.4, -0.2) is 32.3 Å². The first-order valence-corrected chi connectivity index (χ1v) is 6.66. The SMILES string of the molecule is CCn1ncnc1CC(N)C1CCSC1. The van der Waals surface area contributed by atoms with Crippen molar-refractivity contribution < 1.29 is 0 Å². The maximum atomic E-state index is 6.20. The van der Waals surface area contributed by atoms with Gasteiger partial charge in [0, 0.05) is 19.0 Å². The van der Waals surface area contributed by atoms with Crippen LogP contribution in [0.3, 0.4) is 0 Å². The Morgan fingerprint density at radius 3 is 3.27 bits per heavy atom. The monoisotopic (exact) mass is 226 g/mol. The van der Waals surface area contributed by atoms with E-state index in [4.69, 9.17) is 5.73 Å². The molecule has 2 rings (SSSR count). The van der Waals surface area contributed by atoms with Gasteiger partial charge in [0.15, 0.2) is 0 Å². The van der Waals surface area contributed by atoms with Gasteiger partial charge in [-0.05, 0) is 30.8 Å². The molecular weight excluding hydrogens is 208 g/mol. The summed E-state index contributed by atoms with van der Waals surface area (Å²) in [6.45, 7) is 2.95. The molecule has 5 heteroatoms. The topological polar surface area (TPSA) is 56.7 Å². The first-order chi connectivity index (χ1) is 7.31. The molecule has 1 aromatic rings. The lowest BCUT2D eigenvalue weighted by molar-refractivity contribution is 0.444. The molecule has 1 fully saturated rings. The van der Waals surface area contributed by atoms with E-state index in [-0.39, 0.29) is 6.04 Å². The van der Waals surface area contributed by atoms with Gasteiger partial charge in [-0.2, -0.15) is 16.9 Å². The van der Waals surface area contributed by atoms with Crippen LogP contribution in [0.15, 0.2) is 6.33 Å². The molecule has 1 aromatic heterocycles. The molecule has 0 saturated carbocycles. The second-order valence-corrected chi connectivity index (χ2v) is 5.13. The van der Waals surface area contributed by atoms with Crippen molar-refractivity contribution in [1.29, 1.82) is 0 Å². The molecule has 0 amide bonds. The number of aryl methyl sites for hydroxylation is 1. The van der Waals surface area contributed by atoms with Gasteiger partial charge in [0.25, 0.3) is 0 Å². The maximum absolute atomic E-state index is 6.20. The van der Waals surface area contributed by atoms with Crippen LogP contribution in [0.2, 0.25) is 0 Å². The molecule has 2 heterocycles. The summed E-state index contributed by atoms with van der Waals surface area (Å²) in [6, 6.07) is 0.245. The Morgan fingerprint density at radius 1 is 1.73 bits per heavy atom. The number of nitrogens with zero attached hydrogens (tertiary/aromatic N) is 3. The summed E-state index contributed by atoms with van der Waals surface area (Å²) in [6.07, 6.45) is 3.74. The first kappa shape index (κ1) is 11.0. The van der Waals surface area contributed by atoms with Gasteiger partial charge in [0.05, 0.1) is 0 Å². The molecule has 0 aromatic carbocycles. The highest BCUT2D eigenvalue weighted by Crippen LogP contribution is 2.26. The molecule has 1 saturated heterocycles. The number of rotatable bonds is 4. The third kappa shape index (κ3) is 2.52. The number of nitrogens with two attached hydrogens (primary N) is 1. The summed E-state index contributed by atoms with van der Waals surface area (Å²) in [4.78, 5) is 4.26. The van der Waals surface area contributed by atoms with Crippen LogP contribution in [0.5, 0.6) is 0 Å². The number of hydrogen-bond donors (Lipinski definition) is 1. The number of hydrogen-bond acceptors (Lipinski definition) is 4. The number of thioether (sulfide) groups is 1. The summed E-state index contributed by atoms with van der Waals surface area (Å²) in [5.41, 5.74) is 6.20. The van der Waals surface area contributed by atoms with Crippen LogP contribution in [-0.2, 0) is 13.0 Å². The normalized spacial score (nSPS) is 23.2. The van der Waals surface area contributed by atoms with Crippen LogP contribution in [0.1, 0.15) is 19.2 Å². The fourth-order valence-electron chi connectivity index (χ4n) is 1.98. The molecule has 0 bridgehead atoms. The van der Waals surface area contributed by atoms with E-state index in [0.717, 1.165) is 18.8 Å². The second-order valence-electron chi connectivity index (χ2n) is 3.98. The largest absolute Gasteiger partial charge is 0.327 e. The third-order valence-corrected chi connectivity index (χ3v) is 4.17. The van der Waals surface area contributed by atoms with Gasteiger partial charge in [0.2, 0.25) is 0 Å². The van der Waals surface area contributed by atoms with E-state index in [1.807, 2.05) is 16.4 Å². The molecule has 84 valence electrons. The molecule has 0 spiro atoms. The van der Waals surface area contributed by atoms with Crippen molar-refractivity contribution in [1.82, 2.24) is 14.8 Å². The van der Waals surface area contributed by atoms with Crippen LogP contribution >= 0.6 is 11.8 Å². The lowest BCUT2D eigenvalue weighted by Gasteiger charge is -2.17. The Morgan fingerprint density at radius 2 is 2.60 bits per heavy atom. The van der Waals surface area contributed by atoms with Gasteiger partial charge in [-0.25, -0.2) is 4.98 Å². The second kappa shape index (κ2) is 4.99. The quantitative estimate of drug-likeness (QED) is 0.829. The predicted molar refractivity (Wildman–Crippen MR) is 62.8 cm³/mol. The molecule has 2 unspecified atom stereocenters. The minimum absolute atomic E-state index is 0.245. The van der Waals surface area contributed by atoms with E-state index in [1.165, 1.54) is 17.9 Å². The predicted octanol–water partition coefficient (Wildman–Crippen LogP) is 0.921. The molecule has 0 radical (unpaired) electrons. The van der Waals surface area contributed by atoms with Crippen molar-refractivity contribution in [2.45, 2.75) is 32.4 Å². The highest BCUT2D eigenvalue weighted by molar-refractivity contribution is 7.99. The Balaban J connectivity index is 1.95. The van der Waals surface area contributed by atoms with E-state index < -0.39 is 0 Å². The Labute approximate surface area is 94.6 Å². The molecular formula is C10H18N4S. The third-order valence-electron chi connectivity index (χ3n) is 2.98. The van der Waals surface area contributed by atoms with Crippen LogP contribution in [0.4, 0.5) is 0 Å². The van der Waals surface area contributed by atoms with Crippen molar-refractivity contribution >= 4 is 11.8 Å². The molecule has 0 aliphatic carbocycles. The van der Waals surface area contributed by atoms with Crippen LogP contribution in [0, 0.1) is 5.92 Å². The summed E-state index contributed by atoms with van der Waals surface area (Å²) in [5, 5.41) is 4.16. The van der Waals surface area contributed by atoms with Gasteiger partial charge >= 0.3 is 0 Å². The zero-order valence-corrected chi connectivity index (χ0v) is 9.91. The standard InChI is InChI=1S/C10H18N4S/c1-2-14-10(12-7-13-14)5-9(11)8-3-4-15-6-8/h7-9H,2-6,11H2,1H3. The van der Waals surface area contributed by atoms with Gasteiger partial charge in [0.1, 0.15) is 12.2 Å². The Kier molecular flexibility index (Phi) is 3.64. The van der Waals surface area contributed by atoms with Gasteiger partial charge < -0.3 is 5.73 Å². The van der Waals surface area contributed by atoms with E-state index in [2.05, 4.69) is 17.0 Å². The summed E-state index contributed by atoms with van der Waals surface area (Å²) in [7, 11) is 0. The highest BCUT2D eigenvalue weighted by atomic mass is 32.2.